The highest BCUT2D eigenvalue weighted by Gasteiger charge is 2.11. The first kappa shape index (κ1) is 14.8. The molecule has 2 N–H and O–H groups in total. The summed E-state index contributed by atoms with van der Waals surface area (Å²) < 4.78 is 14.3. The van der Waals surface area contributed by atoms with Gasteiger partial charge < -0.3 is 5.11 Å². The summed E-state index contributed by atoms with van der Waals surface area (Å²) in [6.45, 7) is 1.74. The normalized spacial score (nSPS) is 11.2. The number of hydrogen-bond donors (Lipinski definition) is 2. The number of nitrogens with zero attached hydrogens (tertiary/aromatic N) is 2. The Morgan fingerprint density at radius 3 is 2.57 bits per heavy atom. The van der Waals surface area contributed by atoms with Crippen LogP contribution in [0.25, 0.3) is 5.69 Å². The summed E-state index contributed by atoms with van der Waals surface area (Å²) in [6, 6.07) is 12.2. The van der Waals surface area contributed by atoms with Crippen LogP contribution in [-0.2, 0) is 0 Å². The first-order valence-corrected chi connectivity index (χ1v) is 6.96. The van der Waals surface area contributed by atoms with Crippen molar-refractivity contribution in [3.63, 3.8) is 0 Å². The SMILES string of the molecule is Cc1[nH]n(-c2ccc(F)cc2)c(=O)c1C=Nc1ccccc1O. The molecule has 0 spiro atoms. The number of halogens is 1. The van der Waals surface area contributed by atoms with Crippen molar-refractivity contribution in [2.75, 3.05) is 0 Å². The highest BCUT2D eigenvalue weighted by Crippen LogP contribution is 2.24. The number of aliphatic imine (C=N–C) groups is 1. The first-order valence-electron chi connectivity index (χ1n) is 6.96. The number of aromatic hydroxyl groups is 1. The average molecular weight is 311 g/mol. The molecule has 0 radical (unpaired) electrons. The highest BCUT2D eigenvalue weighted by molar-refractivity contribution is 5.83. The van der Waals surface area contributed by atoms with E-state index in [1.54, 1.807) is 25.1 Å². The van der Waals surface area contributed by atoms with E-state index in [2.05, 4.69) is 10.1 Å². The predicted molar refractivity (Wildman–Crippen MR) is 86.4 cm³/mol. The van der Waals surface area contributed by atoms with Crippen molar-refractivity contribution < 1.29 is 9.50 Å². The number of hydrogen-bond acceptors (Lipinski definition) is 3. The van der Waals surface area contributed by atoms with Gasteiger partial charge in [0.15, 0.2) is 0 Å². The maximum atomic E-state index is 13.0. The van der Waals surface area contributed by atoms with E-state index in [9.17, 15) is 14.3 Å². The molecule has 116 valence electrons. The molecule has 1 aromatic heterocycles. The molecule has 0 aliphatic heterocycles. The van der Waals surface area contributed by atoms with Gasteiger partial charge in [-0.2, -0.15) is 0 Å². The van der Waals surface area contributed by atoms with Gasteiger partial charge in [-0.3, -0.25) is 14.9 Å². The summed E-state index contributed by atoms with van der Waals surface area (Å²) in [6.07, 6.45) is 1.41. The van der Waals surface area contributed by atoms with Crippen molar-refractivity contribution in [1.29, 1.82) is 0 Å². The van der Waals surface area contributed by atoms with Gasteiger partial charge in [-0.05, 0) is 43.3 Å². The predicted octanol–water partition coefficient (Wildman–Crippen LogP) is 3.07. The third-order valence-corrected chi connectivity index (χ3v) is 3.42. The minimum Gasteiger partial charge on any atom is -0.506 e. The Morgan fingerprint density at radius 2 is 1.87 bits per heavy atom. The topological polar surface area (TPSA) is 70.4 Å². The van der Waals surface area contributed by atoms with Crippen molar-refractivity contribution in [1.82, 2.24) is 9.78 Å². The Bertz CT molecular complexity index is 924. The van der Waals surface area contributed by atoms with E-state index in [0.29, 0.717) is 22.6 Å². The van der Waals surface area contributed by atoms with Crippen LogP contribution >= 0.6 is 0 Å². The second-order valence-electron chi connectivity index (χ2n) is 5.01. The summed E-state index contributed by atoms with van der Waals surface area (Å²) in [5.41, 5.74) is 1.60. The molecule has 0 fully saturated rings. The Hall–Kier alpha value is -3.15. The zero-order chi connectivity index (χ0) is 16.4. The van der Waals surface area contributed by atoms with E-state index in [1.807, 2.05) is 0 Å². The van der Waals surface area contributed by atoms with Gasteiger partial charge in [-0.25, -0.2) is 9.07 Å². The number of aromatic nitrogens is 2. The molecule has 6 heteroatoms. The van der Waals surface area contributed by atoms with Crippen LogP contribution in [0.1, 0.15) is 11.3 Å². The summed E-state index contributed by atoms with van der Waals surface area (Å²) in [5.74, 6) is -0.331. The molecule has 0 atom stereocenters. The number of aromatic amines is 1. The maximum absolute atomic E-state index is 13.0. The van der Waals surface area contributed by atoms with Gasteiger partial charge in [0.2, 0.25) is 0 Å². The lowest BCUT2D eigenvalue weighted by molar-refractivity contribution is 0.477. The third kappa shape index (κ3) is 2.91. The summed E-state index contributed by atoms with van der Waals surface area (Å²) in [4.78, 5) is 16.6. The molecule has 1 heterocycles. The Morgan fingerprint density at radius 1 is 1.17 bits per heavy atom. The summed E-state index contributed by atoms with van der Waals surface area (Å²) in [5, 5.41) is 12.6. The maximum Gasteiger partial charge on any atom is 0.280 e. The lowest BCUT2D eigenvalue weighted by Crippen LogP contribution is -2.17. The van der Waals surface area contributed by atoms with E-state index in [-0.39, 0.29) is 17.1 Å². The number of benzene rings is 2. The fourth-order valence-electron chi connectivity index (χ4n) is 2.19. The zero-order valence-corrected chi connectivity index (χ0v) is 12.3. The van der Waals surface area contributed by atoms with Crippen LogP contribution in [0.5, 0.6) is 5.75 Å². The van der Waals surface area contributed by atoms with E-state index in [0.717, 1.165) is 0 Å². The van der Waals surface area contributed by atoms with Crippen LogP contribution in [0.15, 0.2) is 58.3 Å². The van der Waals surface area contributed by atoms with Crippen molar-refractivity contribution >= 4 is 11.9 Å². The number of nitrogens with one attached hydrogen (secondary N) is 1. The second kappa shape index (κ2) is 5.92. The van der Waals surface area contributed by atoms with Gasteiger partial charge in [-0.1, -0.05) is 12.1 Å². The van der Waals surface area contributed by atoms with Crippen molar-refractivity contribution in [2.24, 2.45) is 4.99 Å². The molecular formula is C17H14FN3O2. The number of rotatable bonds is 3. The van der Waals surface area contributed by atoms with Gasteiger partial charge in [0.1, 0.15) is 17.3 Å². The molecule has 0 bridgehead atoms. The van der Waals surface area contributed by atoms with Crippen molar-refractivity contribution in [3.05, 3.63) is 76.0 Å². The number of H-pyrrole nitrogens is 1. The van der Waals surface area contributed by atoms with Crippen LogP contribution in [0.2, 0.25) is 0 Å². The van der Waals surface area contributed by atoms with Gasteiger partial charge in [0.25, 0.3) is 5.56 Å². The van der Waals surface area contributed by atoms with E-state index in [1.165, 1.54) is 41.2 Å². The van der Waals surface area contributed by atoms with Gasteiger partial charge >= 0.3 is 0 Å². The van der Waals surface area contributed by atoms with Crippen LogP contribution in [-0.4, -0.2) is 21.1 Å². The monoisotopic (exact) mass is 311 g/mol. The van der Waals surface area contributed by atoms with Crippen LogP contribution in [0.4, 0.5) is 10.1 Å². The lowest BCUT2D eigenvalue weighted by atomic mass is 10.2. The fourth-order valence-corrected chi connectivity index (χ4v) is 2.19. The van der Waals surface area contributed by atoms with Gasteiger partial charge in [-0.15, -0.1) is 0 Å². The molecule has 3 aromatic rings. The number of para-hydroxylation sites is 2. The minimum absolute atomic E-state index is 0.0378. The number of phenolic OH excluding ortho intramolecular Hbond substituents is 1. The van der Waals surface area contributed by atoms with E-state index < -0.39 is 0 Å². The molecule has 0 saturated heterocycles. The first-order chi connectivity index (χ1) is 11.1. The molecular weight excluding hydrogens is 297 g/mol. The Balaban J connectivity index is 2.00. The quantitative estimate of drug-likeness (QED) is 0.730. The van der Waals surface area contributed by atoms with Crippen LogP contribution in [0.3, 0.4) is 0 Å². The minimum atomic E-state index is -0.369. The molecule has 2 aromatic carbocycles. The second-order valence-corrected chi connectivity index (χ2v) is 5.01. The summed E-state index contributed by atoms with van der Waals surface area (Å²) in [7, 11) is 0. The van der Waals surface area contributed by atoms with Crippen LogP contribution in [0, 0.1) is 12.7 Å². The standard InChI is InChI=1S/C17H14FN3O2/c1-11-14(10-19-15-4-2-3-5-16(15)22)17(23)21(20-11)13-8-6-12(18)7-9-13/h2-10,20,22H,1H3. The van der Waals surface area contributed by atoms with Crippen molar-refractivity contribution in [3.8, 4) is 11.4 Å². The molecule has 5 nitrogen and oxygen atoms in total. The molecule has 0 unspecified atom stereocenters. The lowest BCUT2D eigenvalue weighted by Gasteiger charge is -2.00. The number of phenols is 1. The molecule has 0 amide bonds. The molecule has 0 aliphatic rings. The van der Waals surface area contributed by atoms with E-state index in [4.69, 9.17) is 0 Å². The largest absolute Gasteiger partial charge is 0.506 e. The molecule has 0 aliphatic carbocycles. The number of aryl methyl sites for hydroxylation is 1. The van der Waals surface area contributed by atoms with E-state index >= 15 is 0 Å². The highest BCUT2D eigenvalue weighted by atomic mass is 19.1. The smallest absolute Gasteiger partial charge is 0.280 e. The average Bonchev–Trinajstić information content (AvgIpc) is 2.82. The van der Waals surface area contributed by atoms with Gasteiger partial charge in [0, 0.05) is 11.9 Å². The van der Waals surface area contributed by atoms with Gasteiger partial charge in [0.05, 0.1) is 11.3 Å². The molecule has 23 heavy (non-hydrogen) atoms. The Kier molecular flexibility index (Phi) is 3.80. The zero-order valence-electron chi connectivity index (χ0n) is 12.3. The van der Waals surface area contributed by atoms with Crippen LogP contribution < -0.4 is 5.56 Å². The fraction of sp³-hybridized carbons (Fsp3) is 0.0588. The third-order valence-electron chi connectivity index (χ3n) is 3.42. The Labute approximate surface area is 131 Å². The molecule has 0 saturated carbocycles. The van der Waals surface area contributed by atoms with Crippen molar-refractivity contribution in [2.45, 2.75) is 6.92 Å². The molecule has 3 rings (SSSR count). The summed E-state index contributed by atoms with van der Waals surface area (Å²) >= 11 is 0.